The molecule has 37 heavy (non-hydrogen) atoms. The number of hydrogen-bond donors (Lipinski definition) is 0. The molecule has 6 nitrogen and oxygen atoms in total. The van der Waals surface area contributed by atoms with Crippen molar-refractivity contribution < 1.29 is 9.53 Å². The minimum Gasteiger partial charge on any atom is -0.497 e. The molecule has 0 unspecified atom stereocenters. The maximum atomic E-state index is 13.9. The van der Waals surface area contributed by atoms with Crippen molar-refractivity contribution in [3.05, 3.63) is 94.8 Å². The van der Waals surface area contributed by atoms with Crippen LogP contribution >= 0.6 is 0 Å². The summed E-state index contributed by atoms with van der Waals surface area (Å²) >= 11 is 0. The van der Waals surface area contributed by atoms with Crippen molar-refractivity contribution >= 4 is 5.91 Å². The van der Waals surface area contributed by atoms with Gasteiger partial charge in [-0.3, -0.25) is 14.7 Å². The van der Waals surface area contributed by atoms with Crippen LogP contribution in [0.4, 0.5) is 0 Å². The number of benzene rings is 2. The first-order chi connectivity index (χ1) is 17.9. The maximum absolute atomic E-state index is 13.9. The third kappa shape index (κ3) is 7.40. The predicted octanol–water partition coefficient (Wildman–Crippen LogP) is 4.98. The topological polar surface area (TPSA) is 48.9 Å². The van der Waals surface area contributed by atoms with E-state index in [1.165, 1.54) is 5.56 Å². The Morgan fingerprint density at radius 3 is 2.41 bits per heavy atom. The summed E-state index contributed by atoms with van der Waals surface area (Å²) in [6, 6.07) is 22.5. The van der Waals surface area contributed by atoms with E-state index in [1.807, 2.05) is 68.4 Å². The minimum absolute atomic E-state index is 0.0759. The standard InChI is InChI=1S/C31H40N4O2/c1-24-13-14-29(31(36)35(20-19-33(2)3)23-25-9-6-5-7-10-25)30(32-24)27-15-17-34(18-16-27)22-26-11-8-12-28(21-26)37-4/h5-14,21,27H,15-20,22-23H2,1-4H3. The van der Waals surface area contributed by atoms with Crippen LogP contribution in [0.2, 0.25) is 0 Å². The number of methoxy groups -OCH3 is 1. The molecule has 0 atom stereocenters. The van der Waals surface area contributed by atoms with E-state index >= 15 is 0 Å². The SMILES string of the molecule is COc1cccc(CN2CCC(c3nc(C)ccc3C(=O)N(CCN(C)C)Cc3ccccc3)CC2)c1. The third-order valence-electron chi connectivity index (χ3n) is 7.13. The van der Waals surface area contributed by atoms with Crippen molar-refractivity contribution in [2.75, 3.05) is 47.4 Å². The Kier molecular flexibility index (Phi) is 9.31. The van der Waals surface area contributed by atoms with Gasteiger partial charge in [-0.1, -0.05) is 42.5 Å². The van der Waals surface area contributed by atoms with Crippen molar-refractivity contribution in [3.8, 4) is 5.75 Å². The molecule has 4 rings (SSSR count). The van der Waals surface area contributed by atoms with E-state index in [1.54, 1.807) is 7.11 Å². The smallest absolute Gasteiger partial charge is 0.256 e. The number of aromatic nitrogens is 1. The summed E-state index contributed by atoms with van der Waals surface area (Å²) in [7, 11) is 5.80. The van der Waals surface area contributed by atoms with Crippen molar-refractivity contribution in [3.63, 3.8) is 0 Å². The third-order valence-corrected chi connectivity index (χ3v) is 7.13. The van der Waals surface area contributed by atoms with Crippen LogP contribution in [0, 0.1) is 6.92 Å². The Labute approximate surface area is 221 Å². The lowest BCUT2D eigenvalue weighted by Gasteiger charge is -2.33. The van der Waals surface area contributed by atoms with E-state index in [0.717, 1.165) is 67.3 Å². The zero-order chi connectivity index (χ0) is 26.2. The molecule has 1 aromatic heterocycles. The molecule has 0 aliphatic carbocycles. The molecule has 6 heteroatoms. The fourth-order valence-corrected chi connectivity index (χ4v) is 5.01. The lowest BCUT2D eigenvalue weighted by Crippen LogP contribution is -2.38. The van der Waals surface area contributed by atoms with Gasteiger partial charge in [0.25, 0.3) is 5.91 Å². The maximum Gasteiger partial charge on any atom is 0.256 e. The highest BCUT2D eigenvalue weighted by Gasteiger charge is 2.28. The second-order valence-electron chi connectivity index (χ2n) is 10.3. The molecule has 2 heterocycles. The van der Waals surface area contributed by atoms with Crippen LogP contribution in [0.15, 0.2) is 66.7 Å². The van der Waals surface area contributed by atoms with Gasteiger partial charge >= 0.3 is 0 Å². The Bertz CT molecular complexity index is 1160. The van der Waals surface area contributed by atoms with Gasteiger partial charge in [0.05, 0.1) is 18.4 Å². The average molecular weight is 501 g/mol. The number of aryl methyl sites for hydroxylation is 1. The number of nitrogens with zero attached hydrogens (tertiary/aromatic N) is 4. The van der Waals surface area contributed by atoms with Gasteiger partial charge in [-0.05, 0) is 82.3 Å². The van der Waals surface area contributed by atoms with E-state index in [9.17, 15) is 4.79 Å². The van der Waals surface area contributed by atoms with Gasteiger partial charge in [0.1, 0.15) is 5.75 Å². The summed E-state index contributed by atoms with van der Waals surface area (Å²) < 4.78 is 5.39. The first-order valence-corrected chi connectivity index (χ1v) is 13.2. The Balaban J connectivity index is 1.49. The molecule has 3 aromatic rings. The summed E-state index contributed by atoms with van der Waals surface area (Å²) in [5.41, 5.74) is 5.09. The van der Waals surface area contributed by atoms with Gasteiger partial charge in [0.15, 0.2) is 0 Å². The van der Waals surface area contributed by atoms with Gasteiger partial charge in [-0.2, -0.15) is 0 Å². The highest BCUT2D eigenvalue weighted by molar-refractivity contribution is 5.95. The number of rotatable bonds is 10. The van der Waals surface area contributed by atoms with Gasteiger partial charge in [0.2, 0.25) is 0 Å². The molecule has 0 N–H and O–H groups in total. The van der Waals surface area contributed by atoms with Crippen LogP contribution in [0.1, 0.15) is 51.6 Å². The number of ether oxygens (including phenoxy) is 1. The largest absolute Gasteiger partial charge is 0.497 e. The monoisotopic (exact) mass is 500 g/mol. The van der Waals surface area contributed by atoms with Crippen molar-refractivity contribution in [2.45, 2.75) is 38.8 Å². The number of pyridine rings is 1. The fourth-order valence-electron chi connectivity index (χ4n) is 5.01. The highest BCUT2D eigenvalue weighted by atomic mass is 16.5. The van der Waals surface area contributed by atoms with Gasteiger partial charge < -0.3 is 14.5 Å². The lowest BCUT2D eigenvalue weighted by molar-refractivity contribution is 0.0728. The van der Waals surface area contributed by atoms with Crippen molar-refractivity contribution in [1.29, 1.82) is 0 Å². The molecule has 1 saturated heterocycles. The van der Waals surface area contributed by atoms with Crippen LogP contribution in [0.5, 0.6) is 5.75 Å². The van der Waals surface area contributed by atoms with E-state index in [0.29, 0.717) is 13.1 Å². The first-order valence-electron chi connectivity index (χ1n) is 13.2. The fraction of sp³-hybridized carbons (Fsp3) is 0.419. The zero-order valence-electron chi connectivity index (χ0n) is 22.7. The van der Waals surface area contributed by atoms with E-state index in [4.69, 9.17) is 9.72 Å². The summed E-state index contributed by atoms with van der Waals surface area (Å²) in [6.07, 6.45) is 1.99. The van der Waals surface area contributed by atoms with Gasteiger partial charge in [-0.25, -0.2) is 0 Å². The van der Waals surface area contributed by atoms with Crippen LogP contribution in [-0.2, 0) is 13.1 Å². The molecule has 0 radical (unpaired) electrons. The second kappa shape index (κ2) is 12.8. The van der Waals surface area contributed by atoms with Crippen LogP contribution in [0.3, 0.4) is 0 Å². The lowest BCUT2D eigenvalue weighted by atomic mass is 9.89. The number of hydrogen-bond acceptors (Lipinski definition) is 5. The average Bonchev–Trinajstić information content (AvgIpc) is 2.91. The normalized spacial score (nSPS) is 14.6. The molecule has 0 saturated carbocycles. The molecule has 196 valence electrons. The number of likely N-dealkylation sites (N-methyl/N-ethyl adjacent to an activating group) is 1. The zero-order valence-corrected chi connectivity index (χ0v) is 22.7. The van der Waals surface area contributed by atoms with E-state index in [2.05, 4.69) is 34.1 Å². The van der Waals surface area contributed by atoms with Crippen LogP contribution < -0.4 is 4.74 Å². The number of piperidine rings is 1. The second-order valence-corrected chi connectivity index (χ2v) is 10.3. The number of carbonyl (C=O) groups excluding carboxylic acids is 1. The Hall–Kier alpha value is -3.22. The summed E-state index contributed by atoms with van der Waals surface area (Å²) in [6.45, 7) is 6.98. The van der Waals surface area contributed by atoms with E-state index < -0.39 is 0 Å². The van der Waals surface area contributed by atoms with Gasteiger partial charge in [-0.15, -0.1) is 0 Å². The molecule has 1 aliphatic rings. The number of likely N-dealkylation sites (tertiary alicyclic amines) is 1. The molecule has 1 amide bonds. The number of carbonyl (C=O) groups is 1. The Morgan fingerprint density at radius 1 is 0.973 bits per heavy atom. The van der Waals surface area contributed by atoms with Crippen molar-refractivity contribution in [1.82, 2.24) is 19.7 Å². The first kappa shape index (κ1) is 26.8. The highest BCUT2D eigenvalue weighted by Crippen LogP contribution is 2.31. The molecule has 2 aromatic carbocycles. The van der Waals surface area contributed by atoms with Crippen LogP contribution in [0.25, 0.3) is 0 Å². The molecular weight excluding hydrogens is 460 g/mol. The number of amides is 1. The van der Waals surface area contributed by atoms with Gasteiger partial charge in [0, 0.05) is 37.8 Å². The molecule has 0 spiro atoms. The quantitative estimate of drug-likeness (QED) is 0.393. The van der Waals surface area contributed by atoms with Crippen molar-refractivity contribution in [2.24, 2.45) is 0 Å². The predicted molar refractivity (Wildman–Crippen MR) is 149 cm³/mol. The molecule has 1 fully saturated rings. The van der Waals surface area contributed by atoms with E-state index in [-0.39, 0.29) is 11.8 Å². The summed E-state index contributed by atoms with van der Waals surface area (Å²) in [5, 5.41) is 0. The molecule has 0 bridgehead atoms. The summed E-state index contributed by atoms with van der Waals surface area (Å²) in [4.78, 5) is 25.5. The summed E-state index contributed by atoms with van der Waals surface area (Å²) in [5.74, 6) is 1.26. The van der Waals surface area contributed by atoms with Crippen LogP contribution in [-0.4, -0.2) is 73.0 Å². The minimum atomic E-state index is 0.0759. The Morgan fingerprint density at radius 2 is 1.70 bits per heavy atom. The molecular formula is C31H40N4O2. The molecule has 1 aliphatic heterocycles.